The smallest absolute Gasteiger partial charge is 0.335 e. The van der Waals surface area contributed by atoms with Gasteiger partial charge in [-0.15, -0.1) is 0 Å². The van der Waals surface area contributed by atoms with Crippen molar-refractivity contribution in [1.29, 1.82) is 0 Å². The van der Waals surface area contributed by atoms with Crippen molar-refractivity contribution < 1.29 is 29.7 Å². The first kappa shape index (κ1) is 19.9. The predicted molar refractivity (Wildman–Crippen MR) is 113 cm³/mol. The fourth-order valence-electron chi connectivity index (χ4n) is 3.59. The molecule has 1 amide bonds. The van der Waals surface area contributed by atoms with Crippen molar-refractivity contribution in [2.45, 2.75) is 6.04 Å². The molecule has 0 spiro atoms. The normalized spacial score (nSPS) is 17.7. The molecule has 4 rings (SSSR count). The molecule has 3 aromatic carbocycles. The number of carbonyl (C=O) groups excluding carboxylic acids is 2. The highest BCUT2D eigenvalue weighted by molar-refractivity contribution is 6.51. The monoisotopic (exact) mass is 415 g/mol. The molecule has 1 saturated heterocycles. The van der Waals surface area contributed by atoms with Gasteiger partial charge < -0.3 is 15.3 Å². The summed E-state index contributed by atoms with van der Waals surface area (Å²) in [6.07, 6.45) is 0. The first-order valence-electron chi connectivity index (χ1n) is 9.37. The number of rotatable bonds is 4. The van der Waals surface area contributed by atoms with E-state index in [2.05, 4.69) is 0 Å². The van der Waals surface area contributed by atoms with Gasteiger partial charge in [-0.05, 0) is 42.0 Å². The number of amides is 1. The maximum Gasteiger partial charge on any atom is 0.335 e. The highest BCUT2D eigenvalue weighted by atomic mass is 16.4. The summed E-state index contributed by atoms with van der Waals surface area (Å²) in [5.41, 5.74) is 1.12. The van der Waals surface area contributed by atoms with E-state index < -0.39 is 23.7 Å². The third-order valence-electron chi connectivity index (χ3n) is 5.09. The second-order valence-electron chi connectivity index (χ2n) is 6.98. The van der Waals surface area contributed by atoms with Crippen LogP contribution in [0.25, 0.3) is 5.76 Å². The third-order valence-corrected chi connectivity index (χ3v) is 5.09. The third kappa shape index (κ3) is 3.53. The van der Waals surface area contributed by atoms with Crippen molar-refractivity contribution in [1.82, 2.24) is 0 Å². The maximum absolute atomic E-state index is 13.0. The average molecular weight is 415 g/mol. The minimum atomic E-state index is -1.11. The number of carbonyl (C=O) groups is 3. The zero-order valence-electron chi connectivity index (χ0n) is 16.1. The molecule has 1 fully saturated rings. The molecule has 31 heavy (non-hydrogen) atoms. The SMILES string of the molecule is O=C1C(=O)N(c2ccc(O)cc2)C(c2ccc(C(=O)O)cc2)C1=C(O)c1ccccc1. The van der Waals surface area contributed by atoms with Crippen LogP contribution in [0.2, 0.25) is 0 Å². The van der Waals surface area contributed by atoms with Crippen LogP contribution in [0.15, 0.2) is 84.4 Å². The Labute approximate surface area is 177 Å². The summed E-state index contributed by atoms with van der Waals surface area (Å²) < 4.78 is 0. The van der Waals surface area contributed by atoms with Crippen LogP contribution in [0.1, 0.15) is 27.5 Å². The number of anilines is 1. The summed E-state index contributed by atoms with van der Waals surface area (Å²) in [6.45, 7) is 0. The highest BCUT2D eigenvalue weighted by Crippen LogP contribution is 2.42. The van der Waals surface area contributed by atoms with Gasteiger partial charge in [0.25, 0.3) is 11.7 Å². The Morgan fingerprint density at radius 1 is 0.774 bits per heavy atom. The van der Waals surface area contributed by atoms with Gasteiger partial charge in [-0.25, -0.2) is 4.79 Å². The second-order valence-corrected chi connectivity index (χ2v) is 6.98. The van der Waals surface area contributed by atoms with Crippen molar-refractivity contribution in [3.05, 3.63) is 101 Å². The number of carboxylic acids is 1. The molecule has 7 heteroatoms. The number of carboxylic acid groups (broad SMARTS) is 1. The minimum absolute atomic E-state index is 0.00742. The van der Waals surface area contributed by atoms with Crippen molar-refractivity contribution in [3.63, 3.8) is 0 Å². The Bertz CT molecular complexity index is 1200. The zero-order valence-corrected chi connectivity index (χ0v) is 16.1. The number of nitrogens with zero attached hydrogens (tertiary/aromatic N) is 1. The summed E-state index contributed by atoms with van der Waals surface area (Å²) in [5, 5.41) is 29.7. The lowest BCUT2D eigenvalue weighted by molar-refractivity contribution is -0.132. The van der Waals surface area contributed by atoms with Crippen molar-refractivity contribution in [2.24, 2.45) is 0 Å². The number of aliphatic hydroxyl groups is 1. The number of phenolic OH excluding ortho intramolecular Hbond substituents is 1. The van der Waals surface area contributed by atoms with E-state index in [9.17, 15) is 29.7 Å². The number of phenols is 1. The topological polar surface area (TPSA) is 115 Å². The van der Waals surface area contributed by atoms with E-state index in [1.165, 1.54) is 53.4 Å². The van der Waals surface area contributed by atoms with Crippen LogP contribution in [0.3, 0.4) is 0 Å². The van der Waals surface area contributed by atoms with Gasteiger partial charge in [0.15, 0.2) is 0 Å². The quantitative estimate of drug-likeness (QED) is 0.340. The maximum atomic E-state index is 13.0. The number of Topliss-reactive ketones (excluding diaryl/α,β-unsaturated/α-hetero) is 1. The van der Waals surface area contributed by atoms with E-state index in [0.717, 1.165) is 0 Å². The largest absolute Gasteiger partial charge is 0.508 e. The predicted octanol–water partition coefficient (Wildman–Crippen LogP) is 3.72. The molecule has 0 radical (unpaired) electrons. The van der Waals surface area contributed by atoms with Crippen LogP contribution in [-0.2, 0) is 9.59 Å². The molecule has 1 unspecified atom stereocenters. The molecule has 0 bridgehead atoms. The van der Waals surface area contributed by atoms with Crippen LogP contribution >= 0.6 is 0 Å². The van der Waals surface area contributed by atoms with Gasteiger partial charge in [-0.3, -0.25) is 14.5 Å². The van der Waals surface area contributed by atoms with E-state index in [1.807, 2.05) is 0 Å². The second kappa shape index (κ2) is 7.79. The molecule has 0 saturated carbocycles. The summed E-state index contributed by atoms with van der Waals surface area (Å²) in [5.74, 6) is -3.14. The lowest BCUT2D eigenvalue weighted by Gasteiger charge is -2.25. The van der Waals surface area contributed by atoms with Gasteiger partial charge in [0, 0.05) is 11.3 Å². The van der Waals surface area contributed by atoms with Gasteiger partial charge in [0.05, 0.1) is 17.2 Å². The Kier molecular flexibility index (Phi) is 5.00. The molecule has 0 aromatic heterocycles. The fourth-order valence-corrected chi connectivity index (χ4v) is 3.59. The van der Waals surface area contributed by atoms with Crippen LogP contribution in [0, 0.1) is 0 Å². The van der Waals surface area contributed by atoms with E-state index >= 15 is 0 Å². The Balaban J connectivity index is 1.93. The molecule has 7 nitrogen and oxygen atoms in total. The molecule has 1 aliphatic rings. The van der Waals surface area contributed by atoms with Crippen LogP contribution in [0.5, 0.6) is 5.75 Å². The standard InChI is InChI=1S/C24H17NO6/c26-18-12-10-17(11-13-18)25-20(14-6-8-16(9-7-14)24(30)31)19(22(28)23(25)29)21(27)15-4-2-1-3-5-15/h1-13,20,26-27H,(H,30,31). The average Bonchev–Trinajstić information content (AvgIpc) is 3.05. The first-order chi connectivity index (χ1) is 14.9. The van der Waals surface area contributed by atoms with Gasteiger partial charge in [-0.2, -0.15) is 0 Å². The lowest BCUT2D eigenvalue weighted by atomic mass is 9.94. The highest BCUT2D eigenvalue weighted by Gasteiger charge is 2.46. The number of ketones is 1. The number of hydrogen-bond acceptors (Lipinski definition) is 5. The first-order valence-corrected chi connectivity index (χ1v) is 9.37. The van der Waals surface area contributed by atoms with E-state index in [4.69, 9.17) is 0 Å². The molecule has 3 N–H and O–H groups in total. The summed E-state index contributed by atoms with van der Waals surface area (Å²) >= 11 is 0. The molecule has 0 aliphatic carbocycles. The molecule has 3 aromatic rings. The van der Waals surface area contributed by atoms with Crippen LogP contribution in [-0.4, -0.2) is 33.0 Å². The number of aromatic hydroxyl groups is 1. The Hall–Kier alpha value is -4.39. The van der Waals surface area contributed by atoms with Gasteiger partial charge in [-0.1, -0.05) is 42.5 Å². The van der Waals surface area contributed by atoms with Gasteiger partial charge in [0.2, 0.25) is 0 Å². The zero-order chi connectivity index (χ0) is 22.1. The van der Waals surface area contributed by atoms with E-state index in [-0.39, 0.29) is 22.6 Å². The van der Waals surface area contributed by atoms with Crippen molar-refractivity contribution in [3.8, 4) is 5.75 Å². The molecular formula is C24H17NO6. The molecule has 1 heterocycles. The molecule has 154 valence electrons. The minimum Gasteiger partial charge on any atom is -0.508 e. The molecule has 1 aliphatic heterocycles. The Morgan fingerprint density at radius 2 is 1.39 bits per heavy atom. The van der Waals surface area contributed by atoms with Crippen LogP contribution in [0.4, 0.5) is 5.69 Å². The number of hydrogen-bond donors (Lipinski definition) is 3. The van der Waals surface area contributed by atoms with Crippen LogP contribution < -0.4 is 4.90 Å². The Morgan fingerprint density at radius 3 is 1.97 bits per heavy atom. The summed E-state index contributed by atoms with van der Waals surface area (Å²) in [6, 6.07) is 18.9. The molecule has 1 atom stereocenters. The fraction of sp³-hybridized carbons (Fsp3) is 0.0417. The molecular weight excluding hydrogens is 398 g/mol. The van der Waals surface area contributed by atoms with Gasteiger partial charge in [0.1, 0.15) is 11.5 Å². The van der Waals surface area contributed by atoms with Crippen molar-refractivity contribution >= 4 is 29.1 Å². The lowest BCUT2D eigenvalue weighted by Crippen LogP contribution is -2.29. The van der Waals surface area contributed by atoms with Gasteiger partial charge >= 0.3 is 5.97 Å². The summed E-state index contributed by atoms with van der Waals surface area (Å²) in [4.78, 5) is 38.4. The number of aliphatic hydroxyl groups excluding tert-OH is 1. The summed E-state index contributed by atoms with van der Waals surface area (Å²) in [7, 11) is 0. The van der Waals surface area contributed by atoms with E-state index in [0.29, 0.717) is 16.8 Å². The number of aromatic carboxylic acids is 1. The van der Waals surface area contributed by atoms with E-state index in [1.54, 1.807) is 30.3 Å². The number of benzene rings is 3. The van der Waals surface area contributed by atoms with Crippen molar-refractivity contribution in [2.75, 3.05) is 4.90 Å².